The Kier molecular flexibility index (Phi) is 4.14. The molecule has 0 bridgehead atoms. The molecule has 1 aromatic carbocycles. The summed E-state index contributed by atoms with van der Waals surface area (Å²) in [4.78, 5) is 15.3. The Bertz CT molecular complexity index is 614. The van der Waals surface area contributed by atoms with Crippen molar-refractivity contribution >= 4 is 11.7 Å². The van der Waals surface area contributed by atoms with Gasteiger partial charge in [0.25, 0.3) is 0 Å². The summed E-state index contributed by atoms with van der Waals surface area (Å²) in [5.41, 5.74) is 6.81. The molecule has 0 spiro atoms. The van der Waals surface area contributed by atoms with Crippen molar-refractivity contribution in [3.63, 3.8) is 0 Å². The van der Waals surface area contributed by atoms with E-state index in [1.54, 1.807) is 12.1 Å². The monoisotopic (exact) mass is 276 g/mol. The highest BCUT2D eigenvalue weighted by molar-refractivity contribution is 5.88. The van der Waals surface area contributed by atoms with Crippen LogP contribution in [0.3, 0.4) is 0 Å². The highest BCUT2D eigenvalue weighted by Gasteiger charge is 2.07. The lowest BCUT2D eigenvalue weighted by Crippen LogP contribution is -2.04. The highest BCUT2D eigenvalue weighted by atomic mass is 19.1. The summed E-state index contributed by atoms with van der Waals surface area (Å²) in [7, 11) is 1.30. The van der Waals surface area contributed by atoms with Crippen LogP contribution in [0.25, 0.3) is 0 Å². The van der Waals surface area contributed by atoms with Crippen molar-refractivity contribution in [2.24, 2.45) is 0 Å². The van der Waals surface area contributed by atoms with E-state index in [9.17, 15) is 9.18 Å². The van der Waals surface area contributed by atoms with Crippen LogP contribution in [0.15, 0.2) is 36.5 Å². The summed E-state index contributed by atoms with van der Waals surface area (Å²) in [5.74, 6) is -0.492. The van der Waals surface area contributed by atoms with Gasteiger partial charge in [0.15, 0.2) is 0 Å². The van der Waals surface area contributed by atoms with Crippen molar-refractivity contribution in [2.45, 2.75) is 6.61 Å². The van der Waals surface area contributed by atoms with E-state index in [1.165, 1.54) is 31.5 Å². The number of hydrogen-bond acceptors (Lipinski definition) is 5. The van der Waals surface area contributed by atoms with Gasteiger partial charge in [-0.1, -0.05) is 0 Å². The molecule has 6 heteroatoms. The molecule has 20 heavy (non-hydrogen) atoms. The molecule has 0 amide bonds. The minimum Gasteiger partial charge on any atom is -0.485 e. The summed E-state index contributed by atoms with van der Waals surface area (Å²) in [6, 6.07) is 7.13. The maximum absolute atomic E-state index is 12.9. The van der Waals surface area contributed by atoms with Crippen LogP contribution in [0.2, 0.25) is 0 Å². The zero-order valence-electron chi connectivity index (χ0n) is 10.8. The number of aromatic nitrogens is 1. The number of methoxy groups -OCH3 is 1. The number of esters is 1. The summed E-state index contributed by atoms with van der Waals surface area (Å²) in [6.45, 7) is 0.164. The van der Waals surface area contributed by atoms with Gasteiger partial charge in [-0.25, -0.2) is 9.18 Å². The minimum atomic E-state index is -0.451. The number of rotatable bonds is 4. The Labute approximate surface area is 115 Å². The van der Waals surface area contributed by atoms with E-state index in [-0.39, 0.29) is 12.3 Å². The molecule has 0 aliphatic carbocycles. The fourth-order valence-electron chi connectivity index (χ4n) is 1.55. The molecule has 0 atom stereocenters. The second-order valence-corrected chi connectivity index (χ2v) is 4.00. The van der Waals surface area contributed by atoms with Crippen LogP contribution in [-0.2, 0) is 11.3 Å². The van der Waals surface area contributed by atoms with Gasteiger partial charge in [0.1, 0.15) is 18.2 Å². The number of hydrogen-bond donors (Lipinski definition) is 1. The summed E-state index contributed by atoms with van der Waals surface area (Å²) >= 11 is 0. The number of nitrogens with two attached hydrogens (primary N) is 1. The average Bonchev–Trinajstić information content (AvgIpc) is 2.46. The van der Waals surface area contributed by atoms with E-state index in [0.29, 0.717) is 17.0 Å². The Morgan fingerprint density at radius 3 is 2.75 bits per heavy atom. The fourth-order valence-corrected chi connectivity index (χ4v) is 1.55. The third-order valence-corrected chi connectivity index (χ3v) is 2.59. The van der Waals surface area contributed by atoms with Gasteiger partial charge in [-0.15, -0.1) is 0 Å². The van der Waals surface area contributed by atoms with Crippen molar-refractivity contribution in [1.29, 1.82) is 0 Å². The van der Waals surface area contributed by atoms with Crippen LogP contribution in [0.5, 0.6) is 5.75 Å². The van der Waals surface area contributed by atoms with Crippen LogP contribution in [0, 0.1) is 5.82 Å². The molecule has 0 aliphatic rings. The number of nitrogen functional groups attached to an aromatic ring is 1. The van der Waals surface area contributed by atoms with E-state index in [0.717, 1.165) is 0 Å². The van der Waals surface area contributed by atoms with Gasteiger partial charge in [-0.2, -0.15) is 0 Å². The molecule has 1 aromatic heterocycles. The fraction of sp³-hybridized carbons (Fsp3) is 0.143. The van der Waals surface area contributed by atoms with Crippen molar-refractivity contribution in [1.82, 2.24) is 4.98 Å². The average molecular weight is 276 g/mol. The van der Waals surface area contributed by atoms with E-state index in [1.807, 2.05) is 0 Å². The number of ether oxygens (including phenoxy) is 2. The van der Waals surface area contributed by atoms with E-state index >= 15 is 0 Å². The van der Waals surface area contributed by atoms with Gasteiger partial charge in [0.2, 0.25) is 0 Å². The molecule has 2 aromatic rings. The molecular weight excluding hydrogens is 263 g/mol. The normalized spacial score (nSPS) is 10.1. The summed E-state index contributed by atoms with van der Waals surface area (Å²) < 4.78 is 22.9. The quantitative estimate of drug-likeness (QED) is 0.684. The first-order valence-electron chi connectivity index (χ1n) is 5.81. The maximum atomic E-state index is 12.9. The van der Waals surface area contributed by atoms with Gasteiger partial charge < -0.3 is 15.2 Å². The Hall–Kier alpha value is -2.63. The first-order chi connectivity index (χ1) is 9.60. The van der Waals surface area contributed by atoms with Crippen molar-refractivity contribution in [3.05, 3.63) is 53.6 Å². The molecule has 2 rings (SSSR count). The molecular formula is C14H13FN2O3. The van der Waals surface area contributed by atoms with Crippen LogP contribution in [0.4, 0.5) is 10.1 Å². The predicted octanol–water partition coefficient (Wildman–Crippen LogP) is 2.17. The number of halogens is 1. The van der Waals surface area contributed by atoms with E-state index < -0.39 is 11.8 Å². The number of carbonyl (C=O) groups excluding carboxylic acids is 1. The van der Waals surface area contributed by atoms with Crippen molar-refractivity contribution in [2.75, 3.05) is 12.8 Å². The minimum absolute atomic E-state index is 0.164. The molecule has 0 saturated carbocycles. The van der Waals surface area contributed by atoms with Crippen molar-refractivity contribution < 1.29 is 18.7 Å². The van der Waals surface area contributed by atoms with Crippen LogP contribution in [0.1, 0.15) is 16.1 Å². The molecule has 0 unspecified atom stereocenters. The van der Waals surface area contributed by atoms with Gasteiger partial charge in [0.05, 0.1) is 24.1 Å². The van der Waals surface area contributed by atoms with Crippen LogP contribution in [-0.4, -0.2) is 18.1 Å². The molecule has 0 aliphatic heterocycles. The SMILES string of the molecule is COC(=O)c1ccc(COc2ccc(F)cc2N)nc1. The van der Waals surface area contributed by atoms with Gasteiger partial charge >= 0.3 is 5.97 Å². The molecule has 5 nitrogen and oxygen atoms in total. The van der Waals surface area contributed by atoms with Gasteiger partial charge in [-0.05, 0) is 24.3 Å². The third kappa shape index (κ3) is 3.23. The summed E-state index contributed by atoms with van der Waals surface area (Å²) in [5, 5.41) is 0. The van der Waals surface area contributed by atoms with E-state index in [4.69, 9.17) is 10.5 Å². The van der Waals surface area contributed by atoms with Crippen LogP contribution < -0.4 is 10.5 Å². The van der Waals surface area contributed by atoms with Gasteiger partial charge in [0, 0.05) is 12.3 Å². The van der Waals surface area contributed by atoms with Crippen molar-refractivity contribution in [3.8, 4) is 5.75 Å². The lowest BCUT2D eigenvalue weighted by molar-refractivity contribution is 0.0600. The Morgan fingerprint density at radius 1 is 1.35 bits per heavy atom. The highest BCUT2D eigenvalue weighted by Crippen LogP contribution is 2.22. The standard InChI is InChI=1S/C14H13FN2O3/c1-19-14(18)9-2-4-11(17-7-9)8-20-13-5-3-10(15)6-12(13)16/h2-7H,8,16H2,1H3. The smallest absolute Gasteiger partial charge is 0.339 e. The molecule has 104 valence electrons. The second kappa shape index (κ2) is 6.01. The zero-order chi connectivity index (χ0) is 14.5. The topological polar surface area (TPSA) is 74.4 Å². The van der Waals surface area contributed by atoms with Gasteiger partial charge in [-0.3, -0.25) is 4.98 Å². The zero-order valence-corrected chi connectivity index (χ0v) is 10.8. The number of carbonyl (C=O) groups is 1. The first-order valence-corrected chi connectivity index (χ1v) is 5.81. The molecule has 0 fully saturated rings. The summed E-state index contributed by atoms with van der Waals surface area (Å²) in [6.07, 6.45) is 1.40. The number of pyridine rings is 1. The number of anilines is 1. The lowest BCUT2D eigenvalue weighted by Gasteiger charge is -2.08. The van der Waals surface area contributed by atoms with E-state index in [2.05, 4.69) is 9.72 Å². The third-order valence-electron chi connectivity index (χ3n) is 2.59. The number of nitrogens with zero attached hydrogens (tertiary/aromatic N) is 1. The lowest BCUT2D eigenvalue weighted by atomic mass is 10.2. The molecule has 1 heterocycles. The number of benzene rings is 1. The molecule has 0 saturated heterocycles. The Balaban J connectivity index is 2.02. The second-order valence-electron chi connectivity index (χ2n) is 4.00. The Morgan fingerprint density at radius 2 is 2.15 bits per heavy atom. The predicted molar refractivity (Wildman–Crippen MR) is 70.7 cm³/mol. The maximum Gasteiger partial charge on any atom is 0.339 e. The largest absolute Gasteiger partial charge is 0.485 e. The molecule has 0 radical (unpaired) electrons. The first kappa shape index (κ1) is 13.8. The van der Waals surface area contributed by atoms with Crippen LogP contribution >= 0.6 is 0 Å². The molecule has 2 N–H and O–H groups in total.